The minimum atomic E-state index is -4.42. The van der Waals surface area contributed by atoms with E-state index in [-0.39, 0.29) is 6.54 Å². The Hall–Kier alpha value is -2.41. The summed E-state index contributed by atoms with van der Waals surface area (Å²) in [6, 6.07) is 8.82. The van der Waals surface area contributed by atoms with Gasteiger partial charge in [-0.25, -0.2) is 4.68 Å². The summed E-state index contributed by atoms with van der Waals surface area (Å²) in [5.74, 6) is 0. The summed E-state index contributed by atoms with van der Waals surface area (Å²) in [5, 5.41) is 4.52. The van der Waals surface area contributed by atoms with E-state index >= 15 is 0 Å². The van der Waals surface area contributed by atoms with E-state index in [9.17, 15) is 13.2 Å². The van der Waals surface area contributed by atoms with Gasteiger partial charge in [0.15, 0.2) is 0 Å². The first-order valence-electron chi connectivity index (χ1n) is 6.20. The van der Waals surface area contributed by atoms with Crippen LogP contribution in [0.15, 0.2) is 42.7 Å². The summed E-state index contributed by atoms with van der Waals surface area (Å²) in [7, 11) is 0. The standard InChI is InChI=1S/C14H11F3N4/c15-14(16,17)9-7-19-21(8-9)13-5-10(6-18)20-12-4-2-1-3-11(12)13/h1-5,7-8H,6,18H2. The Morgan fingerprint density at radius 2 is 1.95 bits per heavy atom. The van der Waals surface area contributed by atoms with Crippen molar-refractivity contribution in [2.24, 2.45) is 5.73 Å². The van der Waals surface area contributed by atoms with Gasteiger partial charge in [-0.3, -0.25) is 4.98 Å². The number of aromatic nitrogens is 3. The fourth-order valence-electron chi connectivity index (χ4n) is 2.11. The summed E-state index contributed by atoms with van der Waals surface area (Å²) < 4.78 is 39.3. The smallest absolute Gasteiger partial charge is 0.325 e. The zero-order chi connectivity index (χ0) is 15.0. The largest absolute Gasteiger partial charge is 0.419 e. The minimum absolute atomic E-state index is 0.200. The van der Waals surface area contributed by atoms with Crippen molar-refractivity contribution < 1.29 is 13.2 Å². The molecular formula is C14H11F3N4. The van der Waals surface area contributed by atoms with Crippen molar-refractivity contribution in [2.45, 2.75) is 12.7 Å². The topological polar surface area (TPSA) is 56.7 Å². The number of para-hydroxylation sites is 1. The zero-order valence-corrected chi connectivity index (χ0v) is 10.8. The Morgan fingerprint density at radius 1 is 1.19 bits per heavy atom. The highest BCUT2D eigenvalue weighted by Gasteiger charge is 2.32. The van der Waals surface area contributed by atoms with Gasteiger partial charge in [0.2, 0.25) is 0 Å². The van der Waals surface area contributed by atoms with E-state index in [1.165, 1.54) is 4.68 Å². The van der Waals surface area contributed by atoms with Crippen LogP contribution in [0.1, 0.15) is 11.3 Å². The lowest BCUT2D eigenvalue weighted by Crippen LogP contribution is -2.05. The molecule has 0 radical (unpaired) electrons. The maximum atomic E-state index is 12.7. The van der Waals surface area contributed by atoms with E-state index in [0.29, 0.717) is 22.3 Å². The highest BCUT2D eigenvalue weighted by molar-refractivity contribution is 5.87. The molecule has 2 aromatic heterocycles. The van der Waals surface area contributed by atoms with E-state index in [1.807, 2.05) is 6.07 Å². The molecule has 0 fully saturated rings. The second kappa shape index (κ2) is 4.85. The van der Waals surface area contributed by atoms with Gasteiger partial charge in [-0.15, -0.1) is 0 Å². The van der Waals surface area contributed by atoms with Crippen molar-refractivity contribution in [3.05, 3.63) is 54.0 Å². The van der Waals surface area contributed by atoms with Crippen LogP contribution in [0.25, 0.3) is 16.6 Å². The third-order valence-corrected chi connectivity index (χ3v) is 3.11. The number of pyridine rings is 1. The number of benzene rings is 1. The number of alkyl halides is 3. The number of fused-ring (bicyclic) bond motifs is 1. The first-order valence-corrected chi connectivity index (χ1v) is 6.20. The summed E-state index contributed by atoms with van der Waals surface area (Å²) in [4.78, 5) is 4.35. The average Bonchev–Trinajstić information content (AvgIpc) is 2.95. The van der Waals surface area contributed by atoms with Gasteiger partial charge in [0.25, 0.3) is 0 Å². The van der Waals surface area contributed by atoms with Gasteiger partial charge < -0.3 is 5.73 Å². The minimum Gasteiger partial charge on any atom is -0.325 e. The molecule has 3 rings (SSSR count). The van der Waals surface area contributed by atoms with Gasteiger partial charge >= 0.3 is 6.18 Å². The summed E-state index contributed by atoms with van der Waals surface area (Å²) in [6.07, 6.45) is -2.66. The number of hydrogen-bond acceptors (Lipinski definition) is 3. The molecule has 0 amide bonds. The van der Waals surface area contributed by atoms with Gasteiger partial charge in [0.1, 0.15) is 0 Å². The third kappa shape index (κ3) is 2.47. The molecule has 0 atom stereocenters. The zero-order valence-electron chi connectivity index (χ0n) is 10.8. The van der Waals surface area contributed by atoms with E-state index in [1.54, 1.807) is 24.3 Å². The number of rotatable bonds is 2. The van der Waals surface area contributed by atoms with E-state index < -0.39 is 11.7 Å². The van der Waals surface area contributed by atoms with Crippen LogP contribution in [-0.4, -0.2) is 14.8 Å². The normalized spacial score (nSPS) is 12.0. The first kappa shape index (κ1) is 13.6. The Kier molecular flexibility index (Phi) is 3.13. The monoisotopic (exact) mass is 292 g/mol. The molecule has 2 heterocycles. The Labute approximate surface area is 118 Å². The number of nitrogens with two attached hydrogens (primary N) is 1. The number of nitrogens with zero attached hydrogens (tertiary/aromatic N) is 3. The predicted molar refractivity (Wildman–Crippen MR) is 71.8 cm³/mol. The maximum absolute atomic E-state index is 12.7. The van der Waals surface area contributed by atoms with Crippen molar-refractivity contribution in [1.82, 2.24) is 14.8 Å². The Bertz CT molecular complexity index is 792. The van der Waals surface area contributed by atoms with Gasteiger partial charge in [-0.2, -0.15) is 18.3 Å². The van der Waals surface area contributed by atoms with Crippen molar-refractivity contribution >= 4 is 10.9 Å². The Balaban J connectivity index is 2.21. The van der Waals surface area contributed by atoms with Gasteiger partial charge in [0.05, 0.1) is 28.7 Å². The Morgan fingerprint density at radius 3 is 2.62 bits per heavy atom. The van der Waals surface area contributed by atoms with Crippen LogP contribution in [0, 0.1) is 0 Å². The fourth-order valence-corrected chi connectivity index (χ4v) is 2.11. The van der Waals surface area contributed by atoms with Gasteiger partial charge in [-0.1, -0.05) is 18.2 Å². The van der Waals surface area contributed by atoms with E-state index in [2.05, 4.69) is 10.1 Å². The lowest BCUT2D eigenvalue weighted by Gasteiger charge is -2.09. The van der Waals surface area contributed by atoms with Gasteiger partial charge in [0, 0.05) is 18.1 Å². The van der Waals surface area contributed by atoms with Crippen LogP contribution >= 0.6 is 0 Å². The molecule has 0 aliphatic carbocycles. The molecular weight excluding hydrogens is 281 g/mol. The number of halogens is 3. The second-order valence-electron chi connectivity index (χ2n) is 4.53. The maximum Gasteiger partial charge on any atom is 0.419 e. The van der Waals surface area contributed by atoms with Crippen LogP contribution in [0.2, 0.25) is 0 Å². The molecule has 0 spiro atoms. The van der Waals surface area contributed by atoms with Crippen molar-refractivity contribution in [3.63, 3.8) is 0 Å². The quantitative estimate of drug-likeness (QED) is 0.790. The van der Waals surface area contributed by atoms with Crippen LogP contribution < -0.4 is 5.73 Å². The fraction of sp³-hybridized carbons (Fsp3) is 0.143. The van der Waals surface area contributed by atoms with E-state index in [0.717, 1.165) is 12.4 Å². The molecule has 4 nitrogen and oxygen atoms in total. The summed E-state index contributed by atoms with van der Waals surface area (Å²) in [5.41, 5.74) is 6.58. The second-order valence-corrected chi connectivity index (χ2v) is 4.53. The van der Waals surface area contributed by atoms with Crippen LogP contribution in [0.3, 0.4) is 0 Å². The third-order valence-electron chi connectivity index (χ3n) is 3.11. The molecule has 21 heavy (non-hydrogen) atoms. The highest BCUT2D eigenvalue weighted by Crippen LogP contribution is 2.30. The number of hydrogen-bond donors (Lipinski definition) is 1. The van der Waals surface area contributed by atoms with Gasteiger partial charge in [-0.05, 0) is 12.1 Å². The molecule has 2 N–H and O–H groups in total. The predicted octanol–water partition coefficient (Wildman–Crippen LogP) is 2.90. The van der Waals surface area contributed by atoms with Crippen LogP contribution in [0.4, 0.5) is 13.2 Å². The van der Waals surface area contributed by atoms with E-state index in [4.69, 9.17) is 5.73 Å². The van der Waals surface area contributed by atoms with Crippen molar-refractivity contribution in [2.75, 3.05) is 0 Å². The molecule has 0 saturated carbocycles. The summed E-state index contributed by atoms with van der Waals surface area (Å²) >= 11 is 0. The van der Waals surface area contributed by atoms with Crippen LogP contribution in [-0.2, 0) is 12.7 Å². The molecule has 108 valence electrons. The lowest BCUT2D eigenvalue weighted by molar-refractivity contribution is -0.137. The lowest BCUT2D eigenvalue weighted by atomic mass is 10.1. The average molecular weight is 292 g/mol. The molecule has 7 heteroatoms. The summed E-state index contributed by atoms with van der Waals surface area (Å²) in [6.45, 7) is 0.200. The molecule has 0 unspecified atom stereocenters. The van der Waals surface area contributed by atoms with Crippen molar-refractivity contribution in [3.8, 4) is 5.69 Å². The van der Waals surface area contributed by atoms with Crippen LogP contribution in [0.5, 0.6) is 0 Å². The highest BCUT2D eigenvalue weighted by atomic mass is 19.4. The molecule has 1 aromatic carbocycles. The SMILES string of the molecule is NCc1cc(-n2cc(C(F)(F)F)cn2)c2ccccc2n1. The molecule has 0 aliphatic heterocycles. The molecule has 0 aliphatic rings. The molecule has 0 saturated heterocycles. The molecule has 3 aromatic rings. The van der Waals surface area contributed by atoms with Crippen molar-refractivity contribution in [1.29, 1.82) is 0 Å². The molecule has 0 bridgehead atoms. The first-order chi connectivity index (χ1) is 9.99.